The molecule has 0 aromatic rings. The van der Waals surface area contributed by atoms with Crippen molar-refractivity contribution in [3.63, 3.8) is 0 Å². The van der Waals surface area contributed by atoms with Gasteiger partial charge in [-0.1, -0.05) is 13.8 Å². The molecular weight excluding hydrogens is 176 g/mol. The topological polar surface area (TPSA) is 38.5 Å². The second-order valence-electron chi connectivity index (χ2n) is 4.06. The summed E-state index contributed by atoms with van der Waals surface area (Å²) in [5, 5.41) is 0. The lowest BCUT2D eigenvalue weighted by Crippen LogP contribution is -2.38. The first-order chi connectivity index (χ1) is 6.65. The van der Waals surface area contributed by atoms with Gasteiger partial charge < -0.3 is 15.4 Å². The van der Waals surface area contributed by atoms with E-state index in [-0.39, 0.29) is 0 Å². The van der Waals surface area contributed by atoms with E-state index in [1.54, 1.807) is 7.11 Å². The van der Waals surface area contributed by atoms with Gasteiger partial charge in [-0.05, 0) is 32.4 Å². The number of nitrogens with zero attached hydrogens (tertiary/aromatic N) is 1. The lowest BCUT2D eigenvalue weighted by atomic mass is 10.1. The van der Waals surface area contributed by atoms with Gasteiger partial charge in [-0.2, -0.15) is 0 Å². The van der Waals surface area contributed by atoms with Gasteiger partial charge in [-0.25, -0.2) is 0 Å². The highest BCUT2D eigenvalue weighted by Crippen LogP contribution is 2.07. The van der Waals surface area contributed by atoms with E-state index in [0.717, 1.165) is 32.7 Å². The van der Waals surface area contributed by atoms with Crippen LogP contribution in [0.2, 0.25) is 0 Å². The number of methoxy groups -OCH3 is 1. The molecule has 86 valence electrons. The van der Waals surface area contributed by atoms with Crippen molar-refractivity contribution in [1.29, 1.82) is 0 Å². The number of hydrogen-bond donors (Lipinski definition) is 1. The van der Waals surface area contributed by atoms with Crippen LogP contribution in [0.25, 0.3) is 0 Å². The highest BCUT2D eigenvalue weighted by Gasteiger charge is 2.13. The van der Waals surface area contributed by atoms with Gasteiger partial charge in [-0.3, -0.25) is 0 Å². The Hall–Kier alpha value is -0.120. The number of hydrogen-bond acceptors (Lipinski definition) is 3. The van der Waals surface area contributed by atoms with Crippen molar-refractivity contribution in [2.45, 2.75) is 33.2 Å². The minimum Gasteiger partial charge on any atom is -0.385 e. The minimum absolute atomic E-state index is 0.583. The van der Waals surface area contributed by atoms with Gasteiger partial charge in [0.2, 0.25) is 0 Å². The van der Waals surface area contributed by atoms with E-state index >= 15 is 0 Å². The predicted octanol–water partition coefficient (Wildman–Crippen LogP) is 1.33. The number of rotatable bonds is 8. The van der Waals surface area contributed by atoms with E-state index < -0.39 is 0 Å². The molecule has 0 spiro atoms. The van der Waals surface area contributed by atoms with Gasteiger partial charge >= 0.3 is 0 Å². The van der Waals surface area contributed by atoms with Crippen molar-refractivity contribution < 1.29 is 4.74 Å². The lowest BCUT2D eigenvalue weighted by molar-refractivity contribution is 0.132. The second-order valence-corrected chi connectivity index (χ2v) is 4.06. The van der Waals surface area contributed by atoms with Crippen LogP contribution in [0.15, 0.2) is 0 Å². The van der Waals surface area contributed by atoms with Crippen LogP contribution in [0.3, 0.4) is 0 Å². The second kappa shape index (κ2) is 8.21. The zero-order valence-electron chi connectivity index (χ0n) is 10.1. The summed E-state index contributed by atoms with van der Waals surface area (Å²) in [6, 6.07) is 0.592. The quantitative estimate of drug-likeness (QED) is 0.645. The summed E-state index contributed by atoms with van der Waals surface area (Å²) in [7, 11) is 1.76. The van der Waals surface area contributed by atoms with E-state index in [2.05, 4.69) is 25.7 Å². The molecule has 0 aromatic heterocycles. The molecule has 0 fully saturated rings. The Morgan fingerprint density at radius 3 is 2.43 bits per heavy atom. The van der Waals surface area contributed by atoms with Crippen LogP contribution in [0.1, 0.15) is 27.2 Å². The SMILES string of the molecule is CCN(CC(C)CN)C(C)CCOC. The Morgan fingerprint density at radius 1 is 1.36 bits per heavy atom. The smallest absolute Gasteiger partial charge is 0.0477 e. The Bertz CT molecular complexity index is 130. The van der Waals surface area contributed by atoms with Crippen molar-refractivity contribution in [3.05, 3.63) is 0 Å². The van der Waals surface area contributed by atoms with Gasteiger partial charge in [-0.15, -0.1) is 0 Å². The monoisotopic (exact) mass is 202 g/mol. The van der Waals surface area contributed by atoms with Crippen molar-refractivity contribution >= 4 is 0 Å². The number of ether oxygens (including phenoxy) is 1. The minimum atomic E-state index is 0.583. The van der Waals surface area contributed by atoms with Gasteiger partial charge in [0.25, 0.3) is 0 Å². The summed E-state index contributed by atoms with van der Waals surface area (Å²) in [5.74, 6) is 0.583. The number of nitrogens with two attached hydrogens (primary N) is 1. The van der Waals surface area contributed by atoms with Crippen LogP contribution in [-0.2, 0) is 4.74 Å². The third-order valence-electron chi connectivity index (χ3n) is 2.72. The third-order valence-corrected chi connectivity index (χ3v) is 2.72. The molecule has 2 atom stereocenters. The van der Waals surface area contributed by atoms with Crippen LogP contribution in [0, 0.1) is 5.92 Å². The molecule has 0 aliphatic rings. The Balaban J connectivity index is 3.85. The average molecular weight is 202 g/mol. The van der Waals surface area contributed by atoms with Gasteiger partial charge in [0.05, 0.1) is 0 Å². The first-order valence-electron chi connectivity index (χ1n) is 5.58. The molecule has 0 saturated heterocycles. The molecule has 0 saturated carbocycles. The molecule has 0 heterocycles. The standard InChI is InChI=1S/C11H26N2O/c1-5-13(9-10(2)8-12)11(3)6-7-14-4/h10-11H,5-9,12H2,1-4H3. The van der Waals surface area contributed by atoms with Crippen LogP contribution in [0.4, 0.5) is 0 Å². The molecule has 0 amide bonds. The van der Waals surface area contributed by atoms with Crippen molar-refractivity contribution in [3.8, 4) is 0 Å². The molecule has 0 aliphatic heterocycles. The molecule has 0 aliphatic carbocycles. The first-order valence-corrected chi connectivity index (χ1v) is 5.58. The molecule has 2 N–H and O–H groups in total. The highest BCUT2D eigenvalue weighted by molar-refractivity contribution is 4.69. The van der Waals surface area contributed by atoms with Crippen LogP contribution >= 0.6 is 0 Å². The van der Waals surface area contributed by atoms with E-state index in [4.69, 9.17) is 10.5 Å². The molecule has 2 unspecified atom stereocenters. The zero-order chi connectivity index (χ0) is 11.0. The normalized spacial score (nSPS) is 15.9. The molecule has 0 bridgehead atoms. The van der Waals surface area contributed by atoms with Crippen molar-refractivity contribution in [1.82, 2.24) is 4.90 Å². The summed E-state index contributed by atoms with van der Waals surface area (Å²) in [4.78, 5) is 2.47. The van der Waals surface area contributed by atoms with E-state index in [9.17, 15) is 0 Å². The molecule has 14 heavy (non-hydrogen) atoms. The summed E-state index contributed by atoms with van der Waals surface area (Å²) in [6.45, 7) is 10.5. The zero-order valence-corrected chi connectivity index (χ0v) is 10.1. The van der Waals surface area contributed by atoms with Gasteiger partial charge in [0.15, 0.2) is 0 Å². The first kappa shape index (κ1) is 13.9. The van der Waals surface area contributed by atoms with Gasteiger partial charge in [0, 0.05) is 26.3 Å². The third kappa shape index (κ3) is 5.58. The highest BCUT2D eigenvalue weighted by atomic mass is 16.5. The summed E-state index contributed by atoms with van der Waals surface area (Å²) < 4.78 is 5.09. The maximum Gasteiger partial charge on any atom is 0.0477 e. The Morgan fingerprint density at radius 2 is 2.00 bits per heavy atom. The maximum absolute atomic E-state index is 5.62. The fraction of sp³-hybridized carbons (Fsp3) is 1.00. The van der Waals surface area contributed by atoms with E-state index in [0.29, 0.717) is 12.0 Å². The fourth-order valence-corrected chi connectivity index (χ4v) is 1.57. The maximum atomic E-state index is 5.62. The van der Waals surface area contributed by atoms with Gasteiger partial charge in [0.1, 0.15) is 0 Å². The fourth-order valence-electron chi connectivity index (χ4n) is 1.57. The molecular formula is C11H26N2O. The Labute approximate surface area is 88.6 Å². The molecule has 0 aromatic carbocycles. The summed E-state index contributed by atoms with van der Waals surface area (Å²) in [5.41, 5.74) is 5.62. The van der Waals surface area contributed by atoms with Crippen molar-refractivity contribution in [2.24, 2.45) is 11.7 Å². The molecule has 3 nitrogen and oxygen atoms in total. The predicted molar refractivity (Wildman–Crippen MR) is 61.4 cm³/mol. The average Bonchev–Trinajstić information content (AvgIpc) is 2.21. The molecule has 0 radical (unpaired) electrons. The van der Waals surface area contributed by atoms with Crippen LogP contribution in [-0.4, -0.2) is 44.3 Å². The molecule has 3 heteroatoms. The largest absolute Gasteiger partial charge is 0.385 e. The van der Waals surface area contributed by atoms with Crippen molar-refractivity contribution in [2.75, 3.05) is 33.4 Å². The lowest BCUT2D eigenvalue weighted by Gasteiger charge is -2.29. The molecule has 0 rings (SSSR count). The van der Waals surface area contributed by atoms with E-state index in [1.807, 2.05) is 0 Å². The van der Waals surface area contributed by atoms with E-state index in [1.165, 1.54) is 0 Å². The summed E-state index contributed by atoms with van der Waals surface area (Å²) in [6.07, 6.45) is 1.10. The van der Waals surface area contributed by atoms with Crippen LogP contribution < -0.4 is 5.73 Å². The van der Waals surface area contributed by atoms with Crippen LogP contribution in [0.5, 0.6) is 0 Å². The Kier molecular flexibility index (Phi) is 8.14. The summed E-state index contributed by atoms with van der Waals surface area (Å²) >= 11 is 0.